The van der Waals surface area contributed by atoms with E-state index in [9.17, 15) is 4.79 Å². The third kappa shape index (κ3) is 3.57. The van der Waals surface area contributed by atoms with E-state index in [4.69, 9.17) is 10.5 Å². The summed E-state index contributed by atoms with van der Waals surface area (Å²) in [7, 11) is 0. The number of nitriles is 2. The molecule has 5 heteroatoms. The summed E-state index contributed by atoms with van der Waals surface area (Å²) in [4.78, 5) is 11.8. The minimum Gasteiger partial charge on any atom is -0.326 e. The van der Waals surface area contributed by atoms with Gasteiger partial charge in [-0.05, 0) is 50.0 Å². The van der Waals surface area contributed by atoms with Gasteiger partial charge < -0.3 is 10.6 Å². The second-order valence-electron chi connectivity index (χ2n) is 4.93. The van der Waals surface area contributed by atoms with Gasteiger partial charge in [-0.3, -0.25) is 4.79 Å². The zero-order valence-corrected chi connectivity index (χ0v) is 11.1. The first-order valence-electron chi connectivity index (χ1n) is 6.67. The molecule has 0 bridgehead atoms. The number of benzene rings is 1. The Hall–Kier alpha value is -2.37. The van der Waals surface area contributed by atoms with Gasteiger partial charge in [0.1, 0.15) is 12.1 Å². The summed E-state index contributed by atoms with van der Waals surface area (Å²) in [6.45, 7) is 2.02. The van der Waals surface area contributed by atoms with Gasteiger partial charge in [-0.2, -0.15) is 10.5 Å². The lowest BCUT2D eigenvalue weighted by Crippen LogP contribution is -2.15. The molecule has 5 nitrogen and oxygen atoms in total. The van der Waals surface area contributed by atoms with Gasteiger partial charge in [0.15, 0.2) is 0 Å². The first-order valence-corrected chi connectivity index (χ1v) is 6.67. The normalized spacial score (nSPS) is 17.2. The van der Waals surface area contributed by atoms with Gasteiger partial charge >= 0.3 is 0 Å². The maximum atomic E-state index is 11.8. The van der Waals surface area contributed by atoms with Crippen LogP contribution in [0, 0.1) is 28.6 Å². The Morgan fingerprint density at radius 3 is 2.80 bits per heavy atom. The van der Waals surface area contributed by atoms with Crippen molar-refractivity contribution in [2.45, 2.75) is 19.3 Å². The molecule has 1 amide bonds. The molecule has 2 N–H and O–H groups in total. The summed E-state index contributed by atoms with van der Waals surface area (Å²) in [5, 5.41) is 23.8. The minimum atomic E-state index is -0.0505. The lowest BCUT2D eigenvalue weighted by atomic mass is 10.0. The Bertz CT molecular complexity index is 577. The number of hydrogen-bond donors (Lipinski definition) is 2. The summed E-state index contributed by atoms with van der Waals surface area (Å²) in [6.07, 6.45) is 2.48. The fourth-order valence-corrected chi connectivity index (χ4v) is 2.33. The molecular weight excluding hydrogens is 252 g/mol. The average molecular weight is 268 g/mol. The van der Waals surface area contributed by atoms with Crippen molar-refractivity contribution in [3.8, 4) is 12.1 Å². The van der Waals surface area contributed by atoms with Crippen LogP contribution in [0.3, 0.4) is 0 Å². The summed E-state index contributed by atoms with van der Waals surface area (Å²) in [5.41, 5.74) is 1.17. The molecule has 1 aliphatic heterocycles. The van der Waals surface area contributed by atoms with Crippen LogP contribution in [0.2, 0.25) is 0 Å². The van der Waals surface area contributed by atoms with Crippen molar-refractivity contribution in [3.05, 3.63) is 29.3 Å². The minimum absolute atomic E-state index is 0.0505. The number of nitrogens with one attached hydrogen (secondary N) is 2. The molecule has 1 saturated heterocycles. The zero-order chi connectivity index (χ0) is 14.4. The standard InChI is InChI=1S/C15H16N4O/c16-8-12-2-3-14(7-13(12)9-17)19-15(20)4-1-11-5-6-18-10-11/h2-3,7,11,18H,1,4-6,10H2,(H,19,20). The van der Waals surface area contributed by atoms with Crippen LogP contribution < -0.4 is 10.6 Å². The highest BCUT2D eigenvalue weighted by atomic mass is 16.1. The SMILES string of the molecule is N#Cc1ccc(NC(=O)CCC2CCNC2)cc1C#N. The molecule has 0 saturated carbocycles. The Labute approximate surface area is 118 Å². The van der Waals surface area contributed by atoms with E-state index < -0.39 is 0 Å². The van der Waals surface area contributed by atoms with E-state index >= 15 is 0 Å². The van der Waals surface area contributed by atoms with Crippen molar-refractivity contribution >= 4 is 11.6 Å². The highest BCUT2D eigenvalue weighted by Crippen LogP contribution is 2.17. The first kappa shape index (κ1) is 14.0. The van der Waals surface area contributed by atoms with Crippen LogP contribution in [0.25, 0.3) is 0 Å². The van der Waals surface area contributed by atoms with E-state index in [0.29, 0.717) is 23.6 Å². The largest absolute Gasteiger partial charge is 0.326 e. The number of nitrogens with zero attached hydrogens (tertiary/aromatic N) is 2. The summed E-state index contributed by atoms with van der Waals surface area (Å²) < 4.78 is 0. The first-order chi connectivity index (χ1) is 9.72. The van der Waals surface area contributed by atoms with Crippen LogP contribution >= 0.6 is 0 Å². The second kappa shape index (κ2) is 6.70. The fourth-order valence-electron chi connectivity index (χ4n) is 2.33. The Kier molecular flexibility index (Phi) is 4.70. The molecule has 20 heavy (non-hydrogen) atoms. The second-order valence-corrected chi connectivity index (χ2v) is 4.93. The lowest BCUT2D eigenvalue weighted by molar-refractivity contribution is -0.116. The molecule has 102 valence electrons. The van der Waals surface area contributed by atoms with Crippen LogP contribution in [0.15, 0.2) is 18.2 Å². The monoisotopic (exact) mass is 268 g/mol. The van der Waals surface area contributed by atoms with E-state index in [1.54, 1.807) is 12.1 Å². The predicted octanol–water partition coefficient (Wildman–Crippen LogP) is 1.76. The van der Waals surface area contributed by atoms with Crippen LogP contribution in [0.1, 0.15) is 30.4 Å². The van der Waals surface area contributed by atoms with Gasteiger partial charge in [0.25, 0.3) is 0 Å². The number of carbonyl (C=O) groups is 1. The molecule has 2 rings (SSSR count). The van der Waals surface area contributed by atoms with Crippen LogP contribution in [-0.4, -0.2) is 19.0 Å². The lowest BCUT2D eigenvalue weighted by Gasteiger charge is -2.09. The molecule has 0 aliphatic carbocycles. The van der Waals surface area contributed by atoms with Gasteiger partial charge in [-0.25, -0.2) is 0 Å². The molecule has 1 aromatic carbocycles. The average Bonchev–Trinajstić information content (AvgIpc) is 2.98. The smallest absolute Gasteiger partial charge is 0.224 e. The highest BCUT2D eigenvalue weighted by molar-refractivity contribution is 5.91. The zero-order valence-electron chi connectivity index (χ0n) is 11.1. The van der Waals surface area contributed by atoms with E-state index in [2.05, 4.69) is 10.6 Å². The van der Waals surface area contributed by atoms with Crippen molar-refractivity contribution in [1.29, 1.82) is 10.5 Å². The van der Waals surface area contributed by atoms with Gasteiger partial charge in [0.05, 0.1) is 11.1 Å². The molecule has 1 atom stereocenters. The molecular formula is C15H16N4O. The quantitative estimate of drug-likeness (QED) is 0.870. The molecule has 1 aliphatic rings. The van der Waals surface area contributed by atoms with Crippen molar-refractivity contribution in [1.82, 2.24) is 5.32 Å². The maximum Gasteiger partial charge on any atom is 0.224 e. The molecule has 1 fully saturated rings. The van der Waals surface area contributed by atoms with Crippen molar-refractivity contribution in [2.75, 3.05) is 18.4 Å². The maximum absolute atomic E-state index is 11.8. The molecule has 0 radical (unpaired) electrons. The van der Waals surface area contributed by atoms with E-state index in [1.807, 2.05) is 12.1 Å². The Balaban J connectivity index is 1.91. The van der Waals surface area contributed by atoms with Crippen molar-refractivity contribution in [2.24, 2.45) is 5.92 Å². The molecule has 0 aromatic heterocycles. The third-order valence-corrected chi connectivity index (χ3v) is 3.49. The number of hydrogen-bond acceptors (Lipinski definition) is 4. The summed E-state index contributed by atoms with van der Waals surface area (Å²) >= 11 is 0. The molecule has 1 unspecified atom stereocenters. The number of amides is 1. The molecule has 0 spiro atoms. The number of rotatable bonds is 4. The van der Waals surface area contributed by atoms with E-state index in [0.717, 1.165) is 25.9 Å². The number of anilines is 1. The summed E-state index contributed by atoms with van der Waals surface area (Å²) in [6, 6.07) is 8.64. The van der Waals surface area contributed by atoms with Crippen molar-refractivity contribution in [3.63, 3.8) is 0 Å². The van der Waals surface area contributed by atoms with Crippen molar-refractivity contribution < 1.29 is 4.79 Å². The topological polar surface area (TPSA) is 88.7 Å². The number of carbonyl (C=O) groups excluding carboxylic acids is 1. The molecule has 1 heterocycles. The van der Waals surface area contributed by atoms with Gasteiger partial charge in [-0.1, -0.05) is 0 Å². The Morgan fingerprint density at radius 2 is 2.15 bits per heavy atom. The van der Waals surface area contributed by atoms with Gasteiger partial charge in [0.2, 0.25) is 5.91 Å². The van der Waals surface area contributed by atoms with Gasteiger partial charge in [0, 0.05) is 12.1 Å². The van der Waals surface area contributed by atoms with Crippen LogP contribution in [0.5, 0.6) is 0 Å². The third-order valence-electron chi connectivity index (χ3n) is 3.49. The highest BCUT2D eigenvalue weighted by Gasteiger charge is 2.15. The predicted molar refractivity (Wildman–Crippen MR) is 74.7 cm³/mol. The van der Waals surface area contributed by atoms with Crippen LogP contribution in [-0.2, 0) is 4.79 Å². The van der Waals surface area contributed by atoms with Gasteiger partial charge in [-0.15, -0.1) is 0 Å². The van der Waals surface area contributed by atoms with Crippen LogP contribution in [0.4, 0.5) is 5.69 Å². The van der Waals surface area contributed by atoms with E-state index in [1.165, 1.54) is 6.07 Å². The Morgan fingerprint density at radius 1 is 1.35 bits per heavy atom. The summed E-state index contributed by atoms with van der Waals surface area (Å²) in [5.74, 6) is 0.530. The fraction of sp³-hybridized carbons (Fsp3) is 0.400. The van der Waals surface area contributed by atoms with E-state index in [-0.39, 0.29) is 11.5 Å². The molecule has 1 aromatic rings.